The van der Waals surface area contributed by atoms with Gasteiger partial charge in [0.25, 0.3) is 11.5 Å². The van der Waals surface area contributed by atoms with Gasteiger partial charge in [-0.3, -0.25) is 23.7 Å². The molecule has 0 spiro atoms. The molecule has 1 aliphatic rings. The number of hydrogen-bond acceptors (Lipinski definition) is 8. The summed E-state index contributed by atoms with van der Waals surface area (Å²) in [5.74, 6) is -0.992. The van der Waals surface area contributed by atoms with Crippen LogP contribution in [0.15, 0.2) is 70.4 Å². The third-order valence-electron chi connectivity index (χ3n) is 6.76. The van der Waals surface area contributed by atoms with Crippen molar-refractivity contribution in [3.8, 4) is 17.2 Å². The predicted molar refractivity (Wildman–Crippen MR) is 144 cm³/mol. The largest absolute Gasteiger partial charge is 0.497 e. The minimum atomic E-state index is -0.844. The highest BCUT2D eigenvalue weighted by molar-refractivity contribution is 6.30. The Balaban J connectivity index is 1.63. The Hall–Kier alpha value is -5.25. The first-order valence-corrected chi connectivity index (χ1v) is 12.2. The molecule has 1 aliphatic carbocycles. The van der Waals surface area contributed by atoms with Gasteiger partial charge in [-0.15, -0.1) is 0 Å². The van der Waals surface area contributed by atoms with Crippen molar-refractivity contribution in [2.75, 3.05) is 21.3 Å². The van der Waals surface area contributed by atoms with Crippen molar-refractivity contribution in [3.63, 3.8) is 0 Å². The van der Waals surface area contributed by atoms with Crippen molar-refractivity contribution in [3.05, 3.63) is 121 Å². The third kappa shape index (κ3) is 4.19. The molecular formula is C30H24N2O8. The van der Waals surface area contributed by atoms with E-state index in [1.165, 1.54) is 69.3 Å². The van der Waals surface area contributed by atoms with E-state index < -0.39 is 28.7 Å². The van der Waals surface area contributed by atoms with Gasteiger partial charge >= 0.3 is 5.69 Å². The molecule has 10 nitrogen and oxygen atoms in total. The summed E-state index contributed by atoms with van der Waals surface area (Å²) in [7, 11) is 4.20. The molecule has 202 valence electrons. The fourth-order valence-corrected chi connectivity index (χ4v) is 4.83. The van der Waals surface area contributed by atoms with Crippen molar-refractivity contribution in [2.24, 2.45) is 0 Å². The Morgan fingerprint density at radius 1 is 0.775 bits per heavy atom. The van der Waals surface area contributed by atoms with Crippen molar-refractivity contribution in [1.82, 2.24) is 9.13 Å². The summed E-state index contributed by atoms with van der Waals surface area (Å²) in [5.41, 5.74) is -0.402. The Morgan fingerprint density at radius 3 is 2.02 bits per heavy atom. The van der Waals surface area contributed by atoms with Gasteiger partial charge in [-0.05, 0) is 42.8 Å². The van der Waals surface area contributed by atoms with Gasteiger partial charge in [0.2, 0.25) is 5.78 Å². The number of fused-ring (bicyclic) bond motifs is 2. The van der Waals surface area contributed by atoms with Crippen LogP contribution in [-0.4, -0.2) is 47.9 Å². The second-order valence-electron chi connectivity index (χ2n) is 9.17. The van der Waals surface area contributed by atoms with Crippen molar-refractivity contribution in [1.29, 1.82) is 0 Å². The van der Waals surface area contributed by atoms with Crippen LogP contribution >= 0.6 is 0 Å². The van der Waals surface area contributed by atoms with Crippen LogP contribution in [0.25, 0.3) is 0 Å². The average Bonchev–Trinajstić information content (AvgIpc) is 2.97. The highest BCUT2D eigenvalue weighted by Gasteiger charge is 2.36. The first kappa shape index (κ1) is 26.4. The monoisotopic (exact) mass is 540 g/mol. The first-order chi connectivity index (χ1) is 19.2. The number of benzene rings is 3. The van der Waals surface area contributed by atoms with Crippen LogP contribution in [0.1, 0.15) is 53.3 Å². The molecule has 0 saturated heterocycles. The molecule has 1 aromatic heterocycles. The predicted octanol–water partition coefficient (Wildman–Crippen LogP) is 2.86. The van der Waals surface area contributed by atoms with E-state index >= 15 is 0 Å². The molecule has 0 bridgehead atoms. The zero-order valence-electron chi connectivity index (χ0n) is 22.1. The van der Waals surface area contributed by atoms with E-state index in [2.05, 4.69) is 0 Å². The maximum atomic E-state index is 13.7. The molecule has 0 radical (unpaired) electrons. The number of aryl methyl sites for hydroxylation is 1. The number of nitrogens with zero attached hydrogens (tertiary/aromatic N) is 2. The van der Waals surface area contributed by atoms with E-state index in [0.29, 0.717) is 15.9 Å². The van der Waals surface area contributed by atoms with Crippen LogP contribution in [0.2, 0.25) is 0 Å². The van der Waals surface area contributed by atoms with Gasteiger partial charge in [0.15, 0.2) is 5.78 Å². The molecule has 0 amide bonds. The molecule has 10 heteroatoms. The van der Waals surface area contributed by atoms with Gasteiger partial charge < -0.3 is 14.2 Å². The summed E-state index contributed by atoms with van der Waals surface area (Å²) >= 11 is 0. The van der Waals surface area contributed by atoms with Crippen molar-refractivity contribution in [2.45, 2.75) is 13.5 Å². The molecule has 4 aromatic rings. The van der Waals surface area contributed by atoms with Crippen LogP contribution in [0, 0.1) is 6.92 Å². The number of carbonyl (C=O) groups is 3. The van der Waals surface area contributed by atoms with Gasteiger partial charge in [-0.2, -0.15) is 4.57 Å². The molecule has 3 aromatic carbocycles. The molecular weight excluding hydrogens is 516 g/mol. The minimum absolute atomic E-state index is 0.0694. The van der Waals surface area contributed by atoms with E-state index in [1.54, 1.807) is 24.3 Å². The summed E-state index contributed by atoms with van der Waals surface area (Å²) in [4.78, 5) is 66.5. The molecule has 5 rings (SSSR count). The summed E-state index contributed by atoms with van der Waals surface area (Å²) in [5, 5.41) is 0. The van der Waals surface area contributed by atoms with Gasteiger partial charge in [0, 0.05) is 34.5 Å². The Kier molecular flexibility index (Phi) is 6.68. The minimum Gasteiger partial charge on any atom is -0.497 e. The SMILES string of the molecule is COc1cc(OC)c2c(c1)C(=O)c1cc(Cn3cc(C)c(=O)n(C(=O)c4ccccc4)c3=O)cc(OC)c1C2=O. The zero-order chi connectivity index (χ0) is 28.7. The molecule has 1 heterocycles. The molecule has 0 N–H and O–H groups in total. The maximum Gasteiger partial charge on any atom is 0.338 e. The van der Waals surface area contributed by atoms with E-state index in [0.717, 1.165) is 0 Å². The van der Waals surface area contributed by atoms with Crippen molar-refractivity contribution >= 4 is 17.5 Å². The maximum absolute atomic E-state index is 13.7. The van der Waals surface area contributed by atoms with E-state index in [1.807, 2.05) is 0 Å². The number of methoxy groups -OCH3 is 3. The van der Waals surface area contributed by atoms with Gasteiger partial charge in [-0.1, -0.05) is 18.2 Å². The van der Waals surface area contributed by atoms with Gasteiger partial charge in [0.05, 0.1) is 39.0 Å². The zero-order valence-corrected chi connectivity index (χ0v) is 22.1. The van der Waals surface area contributed by atoms with Gasteiger partial charge in [-0.25, -0.2) is 4.79 Å². The van der Waals surface area contributed by atoms with E-state index in [9.17, 15) is 24.0 Å². The lowest BCUT2D eigenvalue weighted by molar-refractivity contribution is 0.0947. The second kappa shape index (κ2) is 10.1. The topological polar surface area (TPSA) is 123 Å². The number of ketones is 2. The lowest BCUT2D eigenvalue weighted by Gasteiger charge is -2.23. The van der Waals surface area contributed by atoms with Crippen LogP contribution in [0.5, 0.6) is 17.2 Å². The molecule has 0 aliphatic heterocycles. The van der Waals surface area contributed by atoms with Crippen LogP contribution < -0.4 is 25.5 Å². The summed E-state index contributed by atoms with van der Waals surface area (Å²) in [6.07, 6.45) is 1.35. The molecule has 0 unspecified atom stereocenters. The molecule has 0 fully saturated rings. The Morgan fingerprint density at radius 2 is 1.40 bits per heavy atom. The summed E-state index contributed by atoms with van der Waals surface area (Å²) < 4.78 is 17.9. The highest BCUT2D eigenvalue weighted by Crippen LogP contribution is 2.40. The lowest BCUT2D eigenvalue weighted by atomic mass is 9.82. The van der Waals surface area contributed by atoms with Crippen molar-refractivity contribution < 1.29 is 28.6 Å². The molecule has 0 atom stereocenters. The Bertz CT molecular complexity index is 1830. The summed E-state index contributed by atoms with van der Waals surface area (Å²) in [6.45, 7) is 1.39. The second-order valence-corrected chi connectivity index (χ2v) is 9.17. The normalized spacial score (nSPS) is 12.0. The third-order valence-corrected chi connectivity index (χ3v) is 6.76. The fraction of sp³-hybridized carbons (Fsp3) is 0.167. The van der Waals surface area contributed by atoms with Crippen LogP contribution in [0.4, 0.5) is 0 Å². The Labute approximate surface area is 228 Å². The van der Waals surface area contributed by atoms with Gasteiger partial charge in [0.1, 0.15) is 17.2 Å². The quantitative estimate of drug-likeness (QED) is 0.322. The highest BCUT2D eigenvalue weighted by atomic mass is 16.5. The fourth-order valence-electron chi connectivity index (χ4n) is 4.83. The smallest absolute Gasteiger partial charge is 0.338 e. The molecule has 0 saturated carbocycles. The lowest BCUT2D eigenvalue weighted by Crippen LogP contribution is -2.44. The van der Waals surface area contributed by atoms with E-state index in [4.69, 9.17) is 14.2 Å². The van der Waals surface area contributed by atoms with Crippen LogP contribution in [-0.2, 0) is 6.54 Å². The number of aromatic nitrogens is 2. The van der Waals surface area contributed by atoms with Crippen LogP contribution in [0.3, 0.4) is 0 Å². The number of carbonyl (C=O) groups excluding carboxylic acids is 3. The first-order valence-electron chi connectivity index (χ1n) is 12.2. The standard InChI is InChI=1S/C30H24N2O8/c1-16-14-31(30(37)32(28(16)35)29(36)18-8-6-5-7-9-18)15-17-10-20-24(22(11-17)39-3)27(34)25-21(26(20)33)12-19(38-2)13-23(25)40-4/h5-14H,15H2,1-4H3. The number of hydrogen-bond donors (Lipinski definition) is 0. The number of ether oxygens (including phenoxy) is 3. The molecule has 40 heavy (non-hydrogen) atoms. The average molecular weight is 541 g/mol. The summed E-state index contributed by atoms with van der Waals surface area (Å²) in [6, 6.07) is 14.1. The van der Waals surface area contributed by atoms with E-state index in [-0.39, 0.29) is 51.4 Å². The number of rotatable bonds is 6.